The van der Waals surface area contributed by atoms with Crippen molar-refractivity contribution in [2.24, 2.45) is 5.92 Å². The molecule has 1 aliphatic rings. The van der Waals surface area contributed by atoms with Crippen LogP contribution in [0.15, 0.2) is 18.3 Å². The van der Waals surface area contributed by atoms with Crippen LogP contribution in [0.2, 0.25) is 0 Å². The number of pyridine rings is 1. The molecular weight excluding hydrogens is 232 g/mol. The fourth-order valence-electron chi connectivity index (χ4n) is 2.00. The van der Waals surface area contributed by atoms with Gasteiger partial charge in [-0.25, -0.2) is 9.78 Å². The highest BCUT2D eigenvalue weighted by molar-refractivity contribution is 5.89. The van der Waals surface area contributed by atoms with E-state index in [9.17, 15) is 4.79 Å². The minimum Gasteiger partial charge on any atom is -0.477 e. The SMILES string of the molecule is COC(=O)c1ccnc(OCC2CCCNC2)c1. The van der Waals surface area contributed by atoms with Gasteiger partial charge in [-0.3, -0.25) is 0 Å². The van der Waals surface area contributed by atoms with E-state index in [1.54, 1.807) is 18.3 Å². The summed E-state index contributed by atoms with van der Waals surface area (Å²) in [6, 6.07) is 3.23. The largest absolute Gasteiger partial charge is 0.477 e. The molecule has 1 atom stereocenters. The van der Waals surface area contributed by atoms with Crippen LogP contribution in [0.3, 0.4) is 0 Å². The van der Waals surface area contributed by atoms with Crippen molar-refractivity contribution >= 4 is 5.97 Å². The summed E-state index contributed by atoms with van der Waals surface area (Å²) in [6.07, 6.45) is 3.91. The maximum atomic E-state index is 11.4. The minimum atomic E-state index is -0.374. The van der Waals surface area contributed by atoms with E-state index in [1.165, 1.54) is 20.0 Å². The third-order valence-corrected chi connectivity index (χ3v) is 3.02. The normalized spacial score (nSPS) is 19.3. The zero-order valence-corrected chi connectivity index (χ0v) is 10.5. The van der Waals surface area contributed by atoms with E-state index in [1.807, 2.05) is 0 Å². The second-order valence-corrected chi connectivity index (χ2v) is 4.40. The van der Waals surface area contributed by atoms with E-state index in [0.29, 0.717) is 24.0 Å². The Morgan fingerprint density at radius 1 is 1.61 bits per heavy atom. The average molecular weight is 250 g/mol. The third-order valence-electron chi connectivity index (χ3n) is 3.02. The van der Waals surface area contributed by atoms with Crippen LogP contribution in [-0.2, 0) is 4.74 Å². The average Bonchev–Trinajstić information content (AvgIpc) is 2.45. The Morgan fingerprint density at radius 2 is 2.50 bits per heavy atom. The lowest BCUT2D eigenvalue weighted by molar-refractivity contribution is 0.0600. The van der Waals surface area contributed by atoms with Crippen molar-refractivity contribution in [1.29, 1.82) is 0 Å². The molecule has 2 heterocycles. The van der Waals surface area contributed by atoms with Crippen molar-refractivity contribution in [2.45, 2.75) is 12.8 Å². The topological polar surface area (TPSA) is 60.5 Å². The molecule has 5 nitrogen and oxygen atoms in total. The summed E-state index contributed by atoms with van der Waals surface area (Å²) in [7, 11) is 1.36. The van der Waals surface area contributed by atoms with Gasteiger partial charge in [-0.15, -0.1) is 0 Å². The van der Waals surface area contributed by atoms with Crippen LogP contribution in [0, 0.1) is 5.92 Å². The molecular formula is C13H18N2O3. The van der Waals surface area contributed by atoms with Crippen LogP contribution in [-0.4, -0.2) is 37.8 Å². The lowest BCUT2D eigenvalue weighted by Crippen LogP contribution is -2.33. The lowest BCUT2D eigenvalue weighted by Gasteiger charge is -2.22. The minimum absolute atomic E-state index is 0.374. The van der Waals surface area contributed by atoms with Crippen LogP contribution >= 0.6 is 0 Å². The summed E-state index contributed by atoms with van der Waals surface area (Å²) in [6.45, 7) is 2.70. The van der Waals surface area contributed by atoms with Gasteiger partial charge in [0, 0.05) is 24.7 Å². The number of esters is 1. The van der Waals surface area contributed by atoms with Gasteiger partial charge >= 0.3 is 5.97 Å². The van der Waals surface area contributed by atoms with Crippen molar-refractivity contribution in [1.82, 2.24) is 10.3 Å². The number of aromatic nitrogens is 1. The second kappa shape index (κ2) is 6.35. The van der Waals surface area contributed by atoms with Gasteiger partial charge in [-0.05, 0) is 25.5 Å². The summed E-state index contributed by atoms with van der Waals surface area (Å²) in [4.78, 5) is 15.4. The number of carbonyl (C=O) groups is 1. The molecule has 18 heavy (non-hydrogen) atoms. The maximum Gasteiger partial charge on any atom is 0.338 e. The third kappa shape index (κ3) is 3.43. The first-order valence-electron chi connectivity index (χ1n) is 6.17. The first kappa shape index (κ1) is 12.8. The Hall–Kier alpha value is -1.62. The number of hydrogen-bond donors (Lipinski definition) is 1. The molecule has 1 fully saturated rings. The Labute approximate surface area is 107 Å². The highest BCUT2D eigenvalue weighted by Crippen LogP contribution is 2.14. The monoisotopic (exact) mass is 250 g/mol. The molecule has 0 aliphatic carbocycles. The molecule has 5 heteroatoms. The van der Waals surface area contributed by atoms with Gasteiger partial charge in [0.05, 0.1) is 19.3 Å². The predicted octanol–water partition coefficient (Wildman–Crippen LogP) is 1.25. The molecule has 1 N–H and O–H groups in total. The standard InChI is InChI=1S/C13H18N2O3/c1-17-13(16)11-4-6-15-12(7-11)18-9-10-3-2-5-14-8-10/h4,6-7,10,14H,2-3,5,8-9H2,1H3. The first-order chi connectivity index (χ1) is 8.79. The van der Waals surface area contributed by atoms with Crippen molar-refractivity contribution in [3.63, 3.8) is 0 Å². The molecule has 1 aromatic heterocycles. The molecule has 0 bridgehead atoms. The van der Waals surface area contributed by atoms with Crippen LogP contribution in [0.4, 0.5) is 0 Å². The number of ether oxygens (including phenoxy) is 2. The number of nitrogens with zero attached hydrogens (tertiary/aromatic N) is 1. The molecule has 1 saturated heterocycles. The number of rotatable bonds is 4. The van der Waals surface area contributed by atoms with Crippen LogP contribution in [0.1, 0.15) is 23.2 Å². The predicted molar refractivity (Wildman–Crippen MR) is 66.7 cm³/mol. The van der Waals surface area contributed by atoms with Crippen molar-refractivity contribution in [3.8, 4) is 5.88 Å². The van der Waals surface area contributed by atoms with E-state index in [4.69, 9.17) is 4.74 Å². The van der Waals surface area contributed by atoms with Gasteiger partial charge in [0.2, 0.25) is 5.88 Å². The van der Waals surface area contributed by atoms with Gasteiger partial charge in [-0.1, -0.05) is 0 Å². The van der Waals surface area contributed by atoms with E-state index >= 15 is 0 Å². The number of hydrogen-bond acceptors (Lipinski definition) is 5. The second-order valence-electron chi connectivity index (χ2n) is 4.40. The Kier molecular flexibility index (Phi) is 4.52. The van der Waals surface area contributed by atoms with E-state index in [0.717, 1.165) is 13.1 Å². The van der Waals surface area contributed by atoms with E-state index < -0.39 is 0 Å². The van der Waals surface area contributed by atoms with E-state index in [2.05, 4.69) is 15.0 Å². The van der Waals surface area contributed by atoms with Crippen LogP contribution in [0.5, 0.6) is 5.88 Å². The summed E-state index contributed by atoms with van der Waals surface area (Å²) in [5.74, 6) is 0.618. The van der Waals surface area contributed by atoms with Gasteiger partial charge in [0.15, 0.2) is 0 Å². The zero-order chi connectivity index (χ0) is 12.8. The number of piperidine rings is 1. The first-order valence-corrected chi connectivity index (χ1v) is 6.17. The molecule has 0 amide bonds. The smallest absolute Gasteiger partial charge is 0.338 e. The van der Waals surface area contributed by atoms with Gasteiger partial charge in [-0.2, -0.15) is 0 Å². The molecule has 1 aliphatic heterocycles. The molecule has 0 saturated carbocycles. The molecule has 2 rings (SSSR count). The highest BCUT2D eigenvalue weighted by atomic mass is 16.5. The van der Waals surface area contributed by atoms with Gasteiger partial charge in [0.25, 0.3) is 0 Å². The van der Waals surface area contributed by atoms with E-state index in [-0.39, 0.29) is 5.97 Å². The summed E-state index contributed by atoms with van der Waals surface area (Å²) < 4.78 is 10.3. The number of methoxy groups -OCH3 is 1. The van der Waals surface area contributed by atoms with Crippen molar-refractivity contribution < 1.29 is 14.3 Å². The molecule has 0 radical (unpaired) electrons. The molecule has 1 aromatic rings. The lowest BCUT2D eigenvalue weighted by atomic mass is 10.0. The highest BCUT2D eigenvalue weighted by Gasteiger charge is 2.14. The zero-order valence-electron chi connectivity index (χ0n) is 10.5. The number of nitrogens with one attached hydrogen (secondary N) is 1. The fraction of sp³-hybridized carbons (Fsp3) is 0.538. The Bertz CT molecular complexity index is 403. The summed E-state index contributed by atoms with van der Waals surface area (Å²) in [5.41, 5.74) is 0.462. The van der Waals surface area contributed by atoms with Crippen molar-refractivity contribution in [3.05, 3.63) is 23.9 Å². The number of carbonyl (C=O) groups excluding carboxylic acids is 1. The molecule has 1 unspecified atom stereocenters. The van der Waals surface area contributed by atoms with Gasteiger partial charge in [0.1, 0.15) is 0 Å². The molecule has 0 spiro atoms. The van der Waals surface area contributed by atoms with Crippen LogP contribution in [0.25, 0.3) is 0 Å². The summed E-state index contributed by atoms with van der Waals surface area (Å²) >= 11 is 0. The van der Waals surface area contributed by atoms with Crippen molar-refractivity contribution in [2.75, 3.05) is 26.8 Å². The van der Waals surface area contributed by atoms with Gasteiger partial charge < -0.3 is 14.8 Å². The Morgan fingerprint density at radius 3 is 3.22 bits per heavy atom. The summed E-state index contributed by atoms with van der Waals surface area (Å²) in [5, 5.41) is 3.34. The fourth-order valence-corrected chi connectivity index (χ4v) is 2.00. The Balaban J connectivity index is 1.90. The van der Waals surface area contributed by atoms with Crippen LogP contribution < -0.4 is 10.1 Å². The maximum absolute atomic E-state index is 11.4. The molecule has 0 aromatic carbocycles. The molecule has 98 valence electrons. The quantitative estimate of drug-likeness (QED) is 0.815.